The zero-order valence-corrected chi connectivity index (χ0v) is 12.6. The molecule has 0 N–H and O–H groups in total. The van der Waals surface area contributed by atoms with Crippen molar-refractivity contribution in [3.63, 3.8) is 0 Å². The zero-order valence-electron chi connectivity index (χ0n) is 11.0. The minimum atomic E-state index is -0.958. The van der Waals surface area contributed by atoms with Gasteiger partial charge in [0.25, 0.3) is 0 Å². The number of rotatable bonds is 2. The van der Waals surface area contributed by atoms with Gasteiger partial charge in [-0.3, -0.25) is 4.79 Å². The molecule has 0 saturated heterocycles. The summed E-state index contributed by atoms with van der Waals surface area (Å²) in [6.07, 6.45) is 1.65. The van der Waals surface area contributed by atoms with E-state index in [0.717, 1.165) is 12.0 Å². The first-order valence-electron chi connectivity index (χ1n) is 6.21. The molecule has 0 bridgehead atoms. The van der Waals surface area contributed by atoms with E-state index in [1.165, 1.54) is 6.07 Å². The topological polar surface area (TPSA) is 40.9 Å². The van der Waals surface area contributed by atoms with Crippen LogP contribution < -0.4 is 0 Å². The van der Waals surface area contributed by atoms with Gasteiger partial charge in [-0.15, -0.1) is 0 Å². The van der Waals surface area contributed by atoms with Crippen molar-refractivity contribution in [3.05, 3.63) is 34.1 Å². The molecule has 1 aromatic rings. The number of nitriles is 1. The maximum atomic E-state index is 13.2. The average molecular weight is 324 g/mol. The molecule has 0 aliphatic heterocycles. The summed E-state index contributed by atoms with van der Waals surface area (Å²) in [6.45, 7) is 3.77. The van der Waals surface area contributed by atoms with Crippen molar-refractivity contribution in [3.8, 4) is 6.07 Å². The van der Waals surface area contributed by atoms with E-state index < -0.39 is 10.8 Å². The van der Waals surface area contributed by atoms with Crippen LogP contribution in [0, 0.1) is 28.0 Å². The van der Waals surface area contributed by atoms with Crippen LogP contribution in [0.15, 0.2) is 22.7 Å². The number of benzene rings is 1. The standard InChI is InChI=1S/C15H15BrFNO/c1-14(2)5-6-15(9-18,13(14)19)8-10-3-4-12(17)11(16)7-10/h3-4,7H,5-6,8H2,1-2H3. The summed E-state index contributed by atoms with van der Waals surface area (Å²) in [5.74, 6) is -0.337. The zero-order chi connectivity index (χ0) is 14.3. The van der Waals surface area contributed by atoms with Crippen LogP contribution in [0.2, 0.25) is 0 Å². The van der Waals surface area contributed by atoms with Gasteiger partial charge in [0.2, 0.25) is 0 Å². The van der Waals surface area contributed by atoms with Crippen LogP contribution in [0.4, 0.5) is 4.39 Å². The van der Waals surface area contributed by atoms with E-state index in [1.54, 1.807) is 12.1 Å². The van der Waals surface area contributed by atoms with E-state index in [1.807, 2.05) is 13.8 Å². The maximum absolute atomic E-state index is 13.2. The number of carbonyl (C=O) groups excluding carboxylic acids is 1. The number of carbonyl (C=O) groups is 1. The summed E-state index contributed by atoms with van der Waals surface area (Å²) in [6, 6.07) is 6.85. The number of hydrogen-bond donors (Lipinski definition) is 0. The second kappa shape index (κ2) is 4.72. The molecule has 4 heteroatoms. The molecular weight excluding hydrogens is 309 g/mol. The highest BCUT2D eigenvalue weighted by Crippen LogP contribution is 2.47. The third-order valence-corrected chi connectivity index (χ3v) is 4.54. The van der Waals surface area contributed by atoms with Gasteiger partial charge in [0, 0.05) is 5.41 Å². The molecule has 19 heavy (non-hydrogen) atoms. The first kappa shape index (κ1) is 14.2. The minimum Gasteiger partial charge on any atom is -0.297 e. The molecule has 0 heterocycles. The second-order valence-corrected chi connectivity index (χ2v) is 6.69. The molecule has 1 aliphatic rings. The Morgan fingerprint density at radius 3 is 2.58 bits per heavy atom. The lowest BCUT2D eigenvalue weighted by Gasteiger charge is -2.22. The fourth-order valence-corrected chi connectivity index (χ4v) is 3.14. The molecular formula is C15H15BrFNO. The molecule has 1 atom stereocenters. The van der Waals surface area contributed by atoms with Gasteiger partial charge in [0.1, 0.15) is 11.2 Å². The maximum Gasteiger partial charge on any atom is 0.158 e. The Morgan fingerprint density at radius 1 is 1.42 bits per heavy atom. The van der Waals surface area contributed by atoms with Crippen LogP contribution in [0.25, 0.3) is 0 Å². The molecule has 1 saturated carbocycles. The Hall–Kier alpha value is -1.21. The van der Waals surface area contributed by atoms with Crippen LogP contribution in [0.3, 0.4) is 0 Å². The Bertz CT molecular complexity index is 576. The van der Waals surface area contributed by atoms with E-state index in [0.29, 0.717) is 17.3 Å². The molecule has 1 aromatic carbocycles. The Labute approximate surface area is 120 Å². The van der Waals surface area contributed by atoms with Gasteiger partial charge in [-0.2, -0.15) is 5.26 Å². The highest BCUT2D eigenvalue weighted by molar-refractivity contribution is 9.10. The van der Waals surface area contributed by atoms with Crippen molar-refractivity contribution >= 4 is 21.7 Å². The summed E-state index contributed by atoms with van der Waals surface area (Å²) < 4.78 is 13.6. The largest absolute Gasteiger partial charge is 0.297 e. The molecule has 100 valence electrons. The first-order chi connectivity index (χ1) is 8.81. The smallest absolute Gasteiger partial charge is 0.158 e. The predicted octanol–water partition coefficient (Wildman–Crippen LogP) is 4.03. The summed E-state index contributed by atoms with van der Waals surface area (Å²) in [4.78, 5) is 12.4. The van der Waals surface area contributed by atoms with E-state index in [2.05, 4.69) is 22.0 Å². The van der Waals surface area contributed by atoms with Gasteiger partial charge in [0.05, 0.1) is 10.5 Å². The third kappa shape index (κ3) is 2.44. The Kier molecular flexibility index (Phi) is 3.53. The van der Waals surface area contributed by atoms with Gasteiger partial charge >= 0.3 is 0 Å². The molecule has 1 fully saturated rings. The van der Waals surface area contributed by atoms with Gasteiger partial charge in [-0.1, -0.05) is 19.9 Å². The van der Waals surface area contributed by atoms with Crippen molar-refractivity contribution < 1.29 is 9.18 Å². The van der Waals surface area contributed by atoms with Crippen molar-refractivity contribution in [2.45, 2.75) is 33.1 Å². The van der Waals surface area contributed by atoms with Gasteiger partial charge < -0.3 is 0 Å². The fourth-order valence-electron chi connectivity index (χ4n) is 2.71. The summed E-state index contributed by atoms with van der Waals surface area (Å²) in [5, 5.41) is 9.45. The van der Waals surface area contributed by atoms with Gasteiger partial charge in [0.15, 0.2) is 5.78 Å². The molecule has 0 radical (unpaired) electrons. The lowest BCUT2D eigenvalue weighted by molar-refractivity contribution is -0.130. The number of halogens is 2. The third-order valence-electron chi connectivity index (χ3n) is 3.93. The SMILES string of the molecule is CC1(C)CCC(C#N)(Cc2ccc(F)c(Br)c2)C1=O. The summed E-state index contributed by atoms with van der Waals surface area (Å²) >= 11 is 3.13. The number of Topliss-reactive ketones (excluding diaryl/α,β-unsaturated/α-hetero) is 1. The second-order valence-electron chi connectivity index (χ2n) is 5.83. The van der Waals surface area contributed by atoms with Gasteiger partial charge in [-0.25, -0.2) is 4.39 Å². The van der Waals surface area contributed by atoms with E-state index >= 15 is 0 Å². The van der Waals surface area contributed by atoms with Crippen LogP contribution in [-0.4, -0.2) is 5.78 Å². The number of ketones is 1. The lowest BCUT2D eigenvalue weighted by atomic mass is 9.77. The van der Waals surface area contributed by atoms with Crippen molar-refractivity contribution in [1.82, 2.24) is 0 Å². The van der Waals surface area contributed by atoms with E-state index in [-0.39, 0.29) is 11.6 Å². The monoisotopic (exact) mass is 323 g/mol. The number of hydrogen-bond acceptors (Lipinski definition) is 2. The Morgan fingerprint density at radius 2 is 2.11 bits per heavy atom. The van der Waals surface area contributed by atoms with Crippen LogP contribution >= 0.6 is 15.9 Å². The molecule has 2 rings (SSSR count). The quantitative estimate of drug-likeness (QED) is 0.824. The van der Waals surface area contributed by atoms with Crippen LogP contribution in [0.1, 0.15) is 32.3 Å². The lowest BCUT2D eigenvalue weighted by Crippen LogP contribution is -2.33. The van der Waals surface area contributed by atoms with E-state index in [4.69, 9.17) is 0 Å². The molecule has 2 nitrogen and oxygen atoms in total. The van der Waals surface area contributed by atoms with E-state index in [9.17, 15) is 14.4 Å². The molecule has 1 aliphatic carbocycles. The van der Waals surface area contributed by atoms with Crippen molar-refractivity contribution in [2.24, 2.45) is 10.8 Å². The highest BCUT2D eigenvalue weighted by atomic mass is 79.9. The molecule has 1 unspecified atom stereocenters. The fraction of sp³-hybridized carbons (Fsp3) is 0.467. The summed E-state index contributed by atoms with van der Waals surface area (Å²) in [5.41, 5.74) is -0.589. The number of nitrogens with zero attached hydrogens (tertiary/aromatic N) is 1. The minimum absolute atomic E-state index is 0.00273. The Balaban J connectivity index is 2.33. The summed E-state index contributed by atoms with van der Waals surface area (Å²) in [7, 11) is 0. The molecule has 0 aromatic heterocycles. The average Bonchev–Trinajstić information content (AvgIpc) is 2.59. The van der Waals surface area contributed by atoms with Crippen molar-refractivity contribution in [1.29, 1.82) is 5.26 Å². The van der Waals surface area contributed by atoms with Gasteiger partial charge in [-0.05, 0) is 52.9 Å². The van der Waals surface area contributed by atoms with Crippen molar-refractivity contribution in [2.75, 3.05) is 0 Å². The highest BCUT2D eigenvalue weighted by Gasteiger charge is 2.52. The van der Waals surface area contributed by atoms with Crippen LogP contribution in [0.5, 0.6) is 0 Å². The van der Waals surface area contributed by atoms with Crippen LogP contribution in [-0.2, 0) is 11.2 Å². The first-order valence-corrected chi connectivity index (χ1v) is 7.00. The molecule has 0 amide bonds. The normalized spacial score (nSPS) is 25.3. The predicted molar refractivity (Wildman–Crippen MR) is 73.9 cm³/mol. The molecule has 0 spiro atoms.